The second kappa shape index (κ2) is 8.54. The first-order chi connectivity index (χ1) is 11.2. The predicted octanol–water partition coefficient (Wildman–Crippen LogP) is 3.06. The summed E-state index contributed by atoms with van der Waals surface area (Å²) in [5.74, 6) is -0.801. The highest BCUT2D eigenvalue weighted by Crippen LogP contribution is 2.05. The largest absolute Gasteiger partial charge is 0.464 e. The quantitative estimate of drug-likeness (QED) is 0.834. The Morgan fingerprint density at radius 2 is 1.65 bits per heavy atom. The lowest BCUT2D eigenvalue weighted by Gasteiger charge is -2.14. The van der Waals surface area contributed by atoms with Gasteiger partial charge in [-0.2, -0.15) is 0 Å². The van der Waals surface area contributed by atoms with Gasteiger partial charge < -0.3 is 10.1 Å². The number of esters is 1. The maximum absolute atomic E-state index is 12.2. The van der Waals surface area contributed by atoms with Crippen molar-refractivity contribution in [3.05, 3.63) is 77.9 Å². The third-order valence-corrected chi connectivity index (χ3v) is 3.14. The summed E-state index contributed by atoms with van der Waals surface area (Å²) in [6.07, 6.45) is 3.42. The molecule has 0 aliphatic carbocycles. The summed E-state index contributed by atoms with van der Waals surface area (Å²) in [4.78, 5) is 24.3. The van der Waals surface area contributed by atoms with Crippen LogP contribution in [0.1, 0.15) is 22.8 Å². The van der Waals surface area contributed by atoms with Gasteiger partial charge in [-0.1, -0.05) is 60.7 Å². The van der Waals surface area contributed by atoms with Crippen molar-refractivity contribution in [1.29, 1.82) is 0 Å². The first-order valence-electron chi connectivity index (χ1n) is 7.46. The number of rotatable bonds is 6. The SMILES string of the molecule is CCOC(=O)C(/C=C/c1ccccc1)NC(=O)c1ccccc1. The highest BCUT2D eigenvalue weighted by Gasteiger charge is 2.19. The Balaban J connectivity index is 2.12. The molecule has 2 aromatic rings. The van der Waals surface area contributed by atoms with Crippen molar-refractivity contribution < 1.29 is 14.3 Å². The van der Waals surface area contributed by atoms with Gasteiger partial charge in [-0.3, -0.25) is 4.79 Å². The van der Waals surface area contributed by atoms with E-state index in [2.05, 4.69) is 5.32 Å². The molecule has 0 radical (unpaired) electrons. The lowest BCUT2D eigenvalue weighted by molar-refractivity contribution is -0.144. The van der Waals surface area contributed by atoms with Crippen LogP contribution in [0.15, 0.2) is 66.7 Å². The Morgan fingerprint density at radius 1 is 1.04 bits per heavy atom. The van der Waals surface area contributed by atoms with Gasteiger partial charge in [-0.25, -0.2) is 4.79 Å². The summed E-state index contributed by atoms with van der Waals surface area (Å²) in [5.41, 5.74) is 1.44. The molecule has 118 valence electrons. The molecule has 4 heteroatoms. The summed E-state index contributed by atoms with van der Waals surface area (Å²) in [5, 5.41) is 2.69. The van der Waals surface area contributed by atoms with Gasteiger partial charge in [0.1, 0.15) is 6.04 Å². The van der Waals surface area contributed by atoms with E-state index in [9.17, 15) is 9.59 Å². The van der Waals surface area contributed by atoms with Crippen LogP contribution < -0.4 is 5.32 Å². The lowest BCUT2D eigenvalue weighted by Crippen LogP contribution is -2.40. The average molecular weight is 309 g/mol. The molecule has 0 aromatic heterocycles. The van der Waals surface area contributed by atoms with Crippen molar-refractivity contribution in [1.82, 2.24) is 5.32 Å². The van der Waals surface area contributed by atoms with Gasteiger partial charge in [-0.05, 0) is 24.6 Å². The van der Waals surface area contributed by atoms with Crippen molar-refractivity contribution in [2.24, 2.45) is 0 Å². The standard InChI is InChI=1S/C19H19NO3/c1-2-23-19(22)17(14-13-15-9-5-3-6-10-15)20-18(21)16-11-7-4-8-12-16/h3-14,17H,2H2,1H3,(H,20,21)/b14-13+. The lowest BCUT2D eigenvalue weighted by atomic mass is 10.1. The van der Waals surface area contributed by atoms with E-state index in [1.54, 1.807) is 43.3 Å². The van der Waals surface area contributed by atoms with E-state index in [0.717, 1.165) is 5.56 Å². The Morgan fingerprint density at radius 3 is 2.26 bits per heavy atom. The van der Waals surface area contributed by atoms with Gasteiger partial charge in [-0.15, -0.1) is 0 Å². The van der Waals surface area contributed by atoms with Gasteiger partial charge in [0.15, 0.2) is 0 Å². The van der Waals surface area contributed by atoms with E-state index in [1.807, 2.05) is 36.4 Å². The molecule has 2 rings (SSSR count). The van der Waals surface area contributed by atoms with E-state index in [-0.39, 0.29) is 12.5 Å². The Kier molecular flexibility index (Phi) is 6.12. The molecule has 4 nitrogen and oxygen atoms in total. The van der Waals surface area contributed by atoms with E-state index < -0.39 is 12.0 Å². The first kappa shape index (κ1) is 16.5. The highest BCUT2D eigenvalue weighted by molar-refractivity contribution is 5.97. The number of hydrogen-bond acceptors (Lipinski definition) is 3. The summed E-state index contributed by atoms with van der Waals surface area (Å²) in [6, 6.07) is 17.5. The van der Waals surface area contributed by atoms with Crippen LogP contribution in [0.3, 0.4) is 0 Å². The van der Waals surface area contributed by atoms with Crippen LogP contribution in [0.2, 0.25) is 0 Å². The molecule has 0 bridgehead atoms. The zero-order valence-electron chi connectivity index (χ0n) is 12.9. The van der Waals surface area contributed by atoms with Crippen LogP contribution in [0.4, 0.5) is 0 Å². The fourth-order valence-electron chi connectivity index (χ4n) is 2.00. The summed E-state index contributed by atoms with van der Waals surface area (Å²) in [7, 11) is 0. The monoisotopic (exact) mass is 309 g/mol. The maximum Gasteiger partial charge on any atom is 0.332 e. The minimum atomic E-state index is -0.831. The van der Waals surface area contributed by atoms with Crippen molar-refractivity contribution >= 4 is 18.0 Å². The molecule has 0 spiro atoms. The van der Waals surface area contributed by atoms with Crippen LogP contribution in [0.25, 0.3) is 6.08 Å². The van der Waals surface area contributed by atoms with E-state index >= 15 is 0 Å². The topological polar surface area (TPSA) is 55.4 Å². The smallest absolute Gasteiger partial charge is 0.332 e. The second-order valence-electron chi connectivity index (χ2n) is 4.84. The highest BCUT2D eigenvalue weighted by atomic mass is 16.5. The number of hydrogen-bond donors (Lipinski definition) is 1. The van der Waals surface area contributed by atoms with Crippen LogP contribution in [0.5, 0.6) is 0 Å². The number of carbonyl (C=O) groups is 2. The predicted molar refractivity (Wildman–Crippen MR) is 89.8 cm³/mol. The molecule has 0 fully saturated rings. The number of nitrogens with one attached hydrogen (secondary N) is 1. The Bertz CT molecular complexity index is 666. The Hall–Kier alpha value is -2.88. The van der Waals surface area contributed by atoms with Crippen LogP contribution in [0, 0.1) is 0 Å². The molecule has 1 N–H and O–H groups in total. The fraction of sp³-hybridized carbons (Fsp3) is 0.158. The minimum Gasteiger partial charge on any atom is -0.464 e. The molecular formula is C19H19NO3. The molecule has 1 amide bonds. The van der Waals surface area contributed by atoms with Crippen LogP contribution in [-0.4, -0.2) is 24.5 Å². The molecule has 0 saturated carbocycles. The van der Waals surface area contributed by atoms with Crippen LogP contribution in [-0.2, 0) is 9.53 Å². The summed E-state index contributed by atoms with van der Waals surface area (Å²) >= 11 is 0. The van der Waals surface area contributed by atoms with E-state index in [1.165, 1.54) is 0 Å². The van der Waals surface area contributed by atoms with Gasteiger partial charge in [0.05, 0.1) is 6.61 Å². The minimum absolute atomic E-state index is 0.260. The molecular weight excluding hydrogens is 290 g/mol. The number of ether oxygens (including phenoxy) is 1. The average Bonchev–Trinajstić information content (AvgIpc) is 2.60. The zero-order chi connectivity index (χ0) is 16.5. The molecule has 0 saturated heterocycles. The second-order valence-corrected chi connectivity index (χ2v) is 4.84. The summed E-state index contributed by atoms with van der Waals surface area (Å²) < 4.78 is 5.02. The third kappa shape index (κ3) is 5.11. The summed E-state index contributed by atoms with van der Waals surface area (Å²) in [6.45, 7) is 1.99. The normalized spacial score (nSPS) is 11.9. The van der Waals surface area contributed by atoms with Gasteiger partial charge in [0.25, 0.3) is 5.91 Å². The molecule has 0 aliphatic rings. The van der Waals surface area contributed by atoms with Gasteiger partial charge in [0.2, 0.25) is 0 Å². The first-order valence-corrected chi connectivity index (χ1v) is 7.46. The maximum atomic E-state index is 12.2. The van der Waals surface area contributed by atoms with Gasteiger partial charge >= 0.3 is 5.97 Å². The molecule has 1 unspecified atom stereocenters. The third-order valence-electron chi connectivity index (χ3n) is 3.14. The van der Waals surface area contributed by atoms with Crippen molar-refractivity contribution in [2.75, 3.05) is 6.61 Å². The van der Waals surface area contributed by atoms with Gasteiger partial charge in [0, 0.05) is 5.56 Å². The fourth-order valence-corrected chi connectivity index (χ4v) is 2.00. The zero-order valence-corrected chi connectivity index (χ0v) is 12.9. The van der Waals surface area contributed by atoms with E-state index in [4.69, 9.17) is 4.74 Å². The van der Waals surface area contributed by atoms with Crippen molar-refractivity contribution in [2.45, 2.75) is 13.0 Å². The molecule has 23 heavy (non-hydrogen) atoms. The van der Waals surface area contributed by atoms with Crippen molar-refractivity contribution in [3.63, 3.8) is 0 Å². The Labute approximate surface area is 135 Å². The molecule has 1 atom stereocenters. The van der Waals surface area contributed by atoms with Crippen LogP contribution >= 0.6 is 0 Å². The molecule has 2 aromatic carbocycles. The molecule has 0 heterocycles. The van der Waals surface area contributed by atoms with E-state index in [0.29, 0.717) is 5.56 Å². The van der Waals surface area contributed by atoms with Crippen molar-refractivity contribution in [3.8, 4) is 0 Å². The number of amides is 1. The number of benzene rings is 2. The number of carbonyl (C=O) groups excluding carboxylic acids is 2. The molecule has 0 aliphatic heterocycles.